The summed E-state index contributed by atoms with van der Waals surface area (Å²) < 4.78 is 15.3. The van der Waals surface area contributed by atoms with E-state index in [1.165, 1.54) is 18.2 Å². The van der Waals surface area contributed by atoms with Gasteiger partial charge in [-0.15, -0.1) is 0 Å². The lowest BCUT2D eigenvalue weighted by atomic mass is 9.64. The molecule has 3 aliphatic rings. The molecular weight excluding hydrogens is 551 g/mol. The maximum absolute atomic E-state index is 15.3. The third-order valence-electron chi connectivity index (χ3n) is 9.54. The number of benzene rings is 4. The third kappa shape index (κ3) is 4.15. The third-order valence-corrected chi connectivity index (χ3v) is 9.54. The highest BCUT2D eigenvalue weighted by atomic mass is 19.1. The highest BCUT2D eigenvalue weighted by Gasteiger charge is 2.70. The highest BCUT2D eigenvalue weighted by Crippen LogP contribution is 2.58. The van der Waals surface area contributed by atoms with Crippen LogP contribution in [0, 0.1) is 11.7 Å². The van der Waals surface area contributed by atoms with E-state index in [0.29, 0.717) is 16.8 Å². The van der Waals surface area contributed by atoms with Crippen LogP contribution in [-0.2, 0) is 16.6 Å². The molecule has 3 aliphatic heterocycles. The van der Waals surface area contributed by atoms with Crippen molar-refractivity contribution in [3.63, 3.8) is 0 Å². The van der Waals surface area contributed by atoms with E-state index in [9.17, 15) is 14.4 Å². The Morgan fingerprint density at radius 1 is 0.864 bits per heavy atom. The number of ketones is 2. The summed E-state index contributed by atoms with van der Waals surface area (Å²) in [6, 6.07) is 26.6. The van der Waals surface area contributed by atoms with Crippen molar-refractivity contribution < 1.29 is 18.8 Å². The molecule has 0 unspecified atom stereocenters. The largest absolute Gasteiger partial charge is 0.352 e. The van der Waals surface area contributed by atoms with E-state index >= 15 is 4.39 Å². The van der Waals surface area contributed by atoms with Gasteiger partial charge < -0.3 is 10.2 Å². The van der Waals surface area contributed by atoms with Gasteiger partial charge in [0.2, 0.25) is 5.91 Å². The van der Waals surface area contributed by atoms with Gasteiger partial charge in [0.05, 0.1) is 17.5 Å². The quantitative estimate of drug-likeness (QED) is 0.173. The zero-order valence-electron chi connectivity index (χ0n) is 24.5. The molecule has 3 heterocycles. The van der Waals surface area contributed by atoms with Gasteiger partial charge >= 0.3 is 0 Å². The number of carbonyl (C=O) groups excluding carboxylic acids is 3. The average Bonchev–Trinajstić information content (AvgIpc) is 3.53. The summed E-state index contributed by atoms with van der Waals surface area (Å²) in [5.74, 6) is -2.97. The van der Waals surface area contributed by atoms with Gasteiger partial charge in [-0.25, -0.2) is 4.39 Å². The second kappa shape index (κ2) is 11.0. The summed E-state index contributed by atoms with van der Waals surface area (Å²) in [5.41, 5.74) is 2.91. The predicted octanol–water partition coefficient (Wildman–Crippen LogP) is 7.41. The van der Waals surface area contributed by atoms with Crippen LogP contribution < -0.4 is 10.2 Å². The molecule has 0 bridgehead atoms. The van der Waals surface area contributed by atoms with Gasteiger partial charge in [-0.05, 0) is 53.8 Å². The second-order valence-corrected chi connectivity index (χ2v) is 11.9. The Morgan fingerprint density at radius 2 is 1.59 bits per heavy atom. The molecule has 0 radical (unpaired) electrons. The summed E-state index contributed by atoms with van der Waals surface area (Å²) in [6.07, 6.45) is 8.11. The van der Waals surface area contributed by atoms with Gasteiger partial charge in [-0.1, -0.05) is 105 Å². The summed E-state index contributed by atoms with van der Waals surface area (Å²) >= 11 is 0. The minimum Gasteiger partial charge on any atom is -0.352 e. The van der Waals surface area contributed by atoms with E-state index in [0.717, 1.165) is 42.5 Å². The van der Waals surface area contributed by atoms with Crippen molar-refractivity contribution in [3.8, 4) is 0 Å². The van der Waals surface area contributed by atoms with Crippen LogP contribution in [0.2, 0.25) is 0 Å². The molecule has 1 spiro atoms. The molecule has 220 valence electrons. The Morgan fingerprint density at radius 3 is 2.39 bits per heavy atom. The van der Waals surface area contributed by atoms with Crippen LogP contribution in [0.1, 0.15) is 63.6 Å². The van der Waals surface area contributed by atoms with Crippen LogP contribution >= 0.6 is 0 Å². The fourth-order valence-electron chi connectivity index (χ4n) is 7.53. The number of fused-ring (bicyclic) bond motifs is 6. The zero-order chi connectivity index (χ0) is 30.4. The first kappa shape index (κ1) is 28.0. The molecule has 0 aromatic heterocycles. The SMILES string of the molecule is CCCCCc1ccc(C(=O)[C@@H]2[C@@H](C(=O)c3ccccc3F)N3c4ccccc4C=C[C@H]3[C@]23C(=O)Nc2ccccc23)cc1. The van der Waals surface area contributed by atoms with Gasteiger partial charge in [-0.3, -0.25) is 14.4 Å². The lowest BCUT2D eigenvalue weighted by Gasteiger charge is -2.37. The molecule has 1 N–H and O–H groups in total. The zero-order valence-corrected chi connectivity index (χ0v) is 24.5. The summed E-state index contributed by atoms with van der Waals surface area (Å²) in [4.78, 5) is 45.9. The number of rotatable bonds is 8. The van der Waals surface area contributed by atoms with Crippen LogP contribution in [0.4, 0.5) is 15.8 Å². The van der Waals surface area contributed by atoms with Crippen LogP contribution in [0.5, 0.6) is 0 Å². The lowest BCUT2D eigenvalue weighted by molar-refractivity contribution is -0.121. The van der Waals surface area contributed by atoms with E-state index < -0.39 is 35.0 Å². The molecule has 4 aromatic rings. The number of hydrogen-bond donors (Lipinski definition) is 1. The van der Waals surface area contributed by atoms with Crippen molar-refractivity contribution in [2.24, 2.45) is 5.92 Å². The number of nitrogens with one attached hydrogen (secondary N) is 1. The number of Topliss-reactive ketones (excluding diaryl/α,β-unsaturated/α-hetero) is 2. The topological polar surface area (TPSA) is 66.5 Å². The Balaban J connectivity index is 1.45. The maximum Gasteiger partial charge on any atom is 0.238 e. The standard InChI is InChI=1S/C38H33FN2O3/c1-2-3-4-11-24-18-20-26(21-19-24)35(42)33-34(36(43)27-13-6-8-15-29(27)39)41-31-17-10-5-12-25(31)22-23-32(41)38(33)28-14-7-9-16-30(28)40-37(38)44/h5-10,12-23,32-34H,2-4,11H2,1H3,(H,40,44)/t32-,33-,34-,38-/m0/s1. The molecule has 5 nitrogen and oxygen atoms in total. The van der Waals surface area contributed by atoms with Gasteiger partial charge in [0, 0.05) is 16.9 Å². The van der Waals surface area contributed by atoms with Gasteiger partial charge in [0.15, 0.2) is 11.6 Å². The molecule has 4 atom stereocenters. The normalized spacial score (nSPS) is 22.8. The first-order valence-corrected chi connectivity index (χ1v) is 15.3. The number of halogens is 1. The van der Waals surface area contributed by atoms with Crippen molar-refractivity contribution in [3.05, 3.63) is 137 Å². The molecule has 1 amide bonds. The Hall–Kier alpha value is -4.84. The van der Waals surface area contributed by atoms with Crippen molar-refractivity contribution in [2.75, 3.05) is 10.2 Å². The van der Waals surface area contributed by atoms with Crippen LogP contribution in [0.15, 0.2) is 103 Å². The predicted molar refractivity (Wildman–Crippen MR) is 171 cm³/mol. The van der Waals surface area contributed by atoms with Gasteiger partial charge in [0.25, 0.3) is 0 Å². The lowest BCUT2D eigenvalue weighted by Crippen LogP contribution is -2.51. The number of para-hydroxylation sites is 2. The minimum atomic E-state index is -1.43. The maximum atomic E-state index is 15.3. The fraction of sp³-hybridized carbons (Fsp3) is 0.237. The Bertz CT molecular complexity index is 1810. The second-order valence-electron chi connectivity index (χ2n) is 11.9. The van der Waals surface area contributed by atoms with E-state index in [1.807, 2.05) is 89.8 Å². The van der Waals surface area contributed by atoms with Crippen molar-refractivity contribution in [2.45, 2.75) is 50.1 Å². The van der Waals surface area contributed by atoms with Crippen molar-refractivity contribution in [1.29, 1.82) is 0 Å². The van der Waals surface area contributed by atoms with Gasteiger partial charge in [0.1, 0.15) is 17.3 Å². The van der Waals surface area contributed by atoms with Crippen LogP contribution in [-0.4, -0.2) is 29.6 Å². The molecular formula is C38H33FN2O3. The number of nitrogens with zero attached hydrogens (tertiary/aromatic N) is 1. The van der Waals surface area contributed by atoms with Crippen LogP contribution in [0.3, 0.4) is 0 Å². The monoisotopic (exact) mass is 584 g/mol. The molecule has 7 rings (SSSR count). The van der Waals surface area contributed by atoms with Crippen molar-refractivity contribution in [1.82, 2.24) is 0 Å². The number of aryl methyl sites for hydroxylation is 1. The fourth-order valence-corrected chi connectivity index (χ4v) is 7.53. The number of carbonyl (C=O) groups is 3. The first-order valence-electron chi connectivity index (χ1n) is 15.3. The summed E-state index contributed by atoms with van der Waals surface area (Å²) in [7, 11) is 0. The van der Waals surface area contributed by atoms with E-state index in [2.05, 4.69) is 12.2 Å². The molecule has 4 aromatic carbocycles. The number of anilines is 2. The van der Waals surface area contributed by atoms with Gasteiger partial charge in [-0.2, -0.15) is 0 Å². The number of amides is 1. The van der Waals surface area contributed by atoms with E-state index in [4.69, 9.17) is 0 Å². The molecule has 0 aliphatic carbocycles. The molecule has 0 saturated carbocycles. The average molecular weight is 585 g/mol. The number of hydrogen-bond acceptors (Lipinski definition) is 4. The Kier molecular flexibility index (Phi) is 7.00. The van der Waals surface area contributed by atoms with Crippen LogP contribution in [0.25, 0.3) is 6.08 Å². The van der Waals surface area contributed by atoms with E-state index in [-0.39, 0.29) is 17.3 Å². The molecule has 1 fully saturated rings. The molecule has 44 heavy (non-hydrogen) atoms. The van der Waals surface area contributed by atoms with Crippen molar-refractivity contribution >= 4 is 34.9 Å². The minimum absolute atomic E-state index is 0.101. The molecule has 6 heteroatoms. The first-order chi connectivity index (χ1) is 21.5. The number of unbranched alkanes of at least 4 members (excludes halogenated alkanes) is 2. The smallest absolute Gasteiger partial charge is 0.238 e. The molecule has 1 saturated heterocycles. The Labute approximate surface area is 256 Å². The summed E-state index contributed by atoms with van der Waals surface area (Å²) in [6.45, 7) is 2.16. The van der Waals surface area contributed by atoms with E-state index in [1.54, 1.807) is 6.07 Å². The highest BCUT2D eigenvalue weighted by molar-refractivity contribution is 6.18. The summed E-state index contributed by atoms with van der Waals surface area (Å²) in [5, 5.41) is 3.03.